The van der Waals surface area contributed by atoms with Crippen LogP contribution in [-0.2, 0) is 7.05 Å². The van der Waals surface area contributed by atoms with Gasteiger partial charge in [-0.3, -0.25) is 4.68 Å². The Morgan fingerprint density at radius 1 is 1.41 bits per heavy atom. The Labute approximate surface area is 100 Å². The number of nitrogens with two attached hydrogens (primary N) is 1. The summed E-state index contributed by atoms with van der Waals surface area (Å²) in [6, 6.07) is 8.00. The number of rotatable bonds is 4. The summed E-state index contributed by atoms with van der Waals surface area (Å²) in [5, 5.41) is 4.07. The van der Waals surface area contributed by atoms with Crippen LogP contribution in [0.25, 0.3) is 0 Å². The normalized spacial score (nSPS) is 12.4. The number of hydrogen-bond donors (Lipinski definition) is 1. The van der Waals surface area contributed by atoms with Crippen molar-refractivity contribution in [1.29, 1.82) is 0 Å². The summed E-state index contributed by atoms with van der Waals surface area (Å²) >= 11 is 0. The van der Waals surface area contributed by atoms with Crippen molar-refractivity contribution >= 4 is 0 Å². The average Bonchev–Trinajstić information content (AvgIpc) is 2.74. The van der Waals surface area contributed by atoms with Crippen LogP contribution in [0.2, 0.25) is 0 Å². The van der Waals surface area contributed by atoms with Crippen molar-refractivity contribution in [2.24, 2.45) is 12.8 Å². The van der Waals surface area contributed by atoms with Gasteiger partial charge >= 0.3 is 6.01 Å². The van der Waals surface area contributed by atoms with Crippen LogP contribution < -0.4 is 10.5 Å². The standard InChI is InChI=1S/C12H16N4O/c1-3-10(13)9-6-4-5-7-11(9)17-12-14-8-16(2)15-12/h4-8,10H,3,13H2,1-2H3/t10-/m1/s1. The molecule has 2 aromatic rings. The van der Waals surface area contributed by atoms with Gasteiger partial charge in [0.15, 0.2) is 0 Å². The molecule has 0 aliphatic rings. The fourth-order valence-corrected chi connectivity index (χ4v) is 1.56. The van der Waals surface area contributed by atoms with Gasteiger partial charge in [0.25, 0.3) is 0 Å². The Bertz CT molecular complexity index is 495. The molecule has 0 saturated carbocycles. The van der Waals surface area contributed by atoms with Crippen LogP contribution in [-0.4, -0.2) is 14.8 Å². The van der Waals surface area contributed by atoms with E-state index in [0.29, 0.717) is 11.8 Å². The SMILES string of the molecule is CC[C@@H](N)c1ccccc1Oc1ncn(C)n1. The van der Waals surface area contributed by atoms with Gasteiger partial charge in [0.2, 0.25) is 0 Å². The minimum atomic E-state index is -0.0325. The van der Waals surface area contributed by atoms with Crippen molar-refractivity contribution in [3.8, 4) is 11.8 Å². The minimum Gasteiger partial charge on any atom is -0.423 e. The van der Waals surface area contributed by atoms with E-state index in [-0.39, 0.29) is 6.04 Å². The van der Waals surface area contributed by atoms with Crippen LogP contribution in [0.15, 0.2) is 30.6 Å². The van der Waals surface area contributed by atoms with E-state index in [1.165, 1.54) is 0 Å². The van der Waals surface area contributed by atoms with Crippen LogP contribution in [0.5, 0.6) is 11.8 Å². The maximum Gasteiger partial charge on any atom is 0.340 e. The second-order valence-electron chi connectivity index (χ2n) is 3.86. The lowest BCUT2D eigenvalue weighted by Crippen LogP contribution is -2.09. The molecule has 0 unspecified atom stereocenters. The van der Waals surface area contributed by atoms with Gasteiger partial charge in [-0.15, -0.1) is 5.10 Å². The highest BCUT2D eigenvalue weighted by Crippen LogP contribution is 2.28. The predicted molar refractivity (Wildman–Crippen MR) is 64.7 cm³/mol. The van der Waals surface area contributed by atoms with E-state index in [1.54, 1.807) is 18.1 Å². The number of ether oxygens (including phenoxy) is 1. The molecule has 1 aromatic heterocycles. The van der Waals surface area contributed by atoms with Gasteiger partial charge in [-0.05, 0) is 12.5 Å². The quantitative estimate of drug-likeness (QED) is 0.875. The number of hydrogen-bond acceptors (Lipinski definition) is 4. The van der Waals surface area contributed by atoms with Crippen LogP contribution in [0.1, 0.15) is 24.9 Å². The molecule has 5 heteroatoms. The summed E-state index contributed by atoms with van der Waals surface area (Å²) in [5.74, 6) is 0.716. The molecule has 1 aromatic carbocycles. The molecule has 5 nitrogen and oxygen atoms in total. The lowest BCUT2D eigenvalue weighted by Gasteiger charge is -2.13. The molecule has 0 aliphatic heterocycles. The monoisotopic (exact) mass is 232 g/mol. The highest BCUT2D eigenvalue weighted by molar-refractivity contribution is 5.37. The van der Waals surface area contributed by atoms with Crippen LogP contribution in [0.4, 0.5) is 0 Å². The summed E-state index contributed by atoms with van der Waals surface area (Å²) in [6.45, 7) is 2.04. The Morgan fingerprint density at radius 2 is 2.18 bits per heavy atom. The zero-order valence-electron chi connectivity index (χ0n) is 10.00. The zero-order chi connectivity index (χ0) is 12.3. The summed E-state index contributed by atoms with van der Waals surface area (Å²) in [5.41, 5.74) is 7.00. The number of benzene rings is 1. The summed E-state index contributed by atoms with van der Waals surface area (Å²) in [4.78, 5) is 4.03. The predicted octanol–water partition coefficient (Wildman–Crippen LogP) is 2.02. The molecule has 1 heterocycles. The summed E-state index contributed by atoms with van der Waals surface area (Å²) in [7, 11) is 1.80. The molecular formula is C12H16N4O. The largest absolute Gasteiger partial charge is 0.423 e. The van der Waals surface area contributed by atoms with Crippen molar-refractivity contribution in [2.45, 2.75) is 19.4 Å². The Balaban J connectivity index is 2.26. The smallest absolute Gasteiger partial charge is 0.340 e. The molecular weight excluding hydrogens is 216 g/mol. The van der Waals surface area contributed by atoms with Gasteiger partial charge in [0.1, 0.15) is 12.1 Å². The molecule has 17 heavy (non-hydrogen) atoms. The lowest BCUT2D eigenvalue weighted by atomic mass is 10.0. The number of nitrogens with zero attached hydrogens (tertiary/aromatic N) is 3. The Morgan fingerprint density at radius 3 is 2.82 bits per heavy atom. The van der Waals surface area contributed by atoms with Gasteiger partial charge in [-0.1, -0.05) is 25.1 Å². The number of aromatic nitrogens is 3. The molecule has 0 fully saturated rings. The maximum atomic E-state index is 6.03. The highest BCUT2D eigenvalue weighted by Gasteiger charge is 2.11. The molecule has 2 rings (SSSR count). The molecule has 1 atom stereocenters. The van der Waals surface area contributed by atoms with Crippen molar-refractivity contribution in [3.05, 3.63) is 36.2 Å². The van der Waals surface area contributed by atoms with Crippen molar-refractivity contribution in [1.82, 2.24) is 14.8 Å². The Hall–Kier alpha value is -1.88. The van der Waals surface area contributed by atoms with Gasteiger partial charge in [0, 0.05) is 18.7 Å². The summed E-state index contributed by atoms with van der Waals surface area (Å²) in [6.07, 6.45) is 2.45. The average molecular weight is 232 g/mol. The van der Waals surface area contributed by atoms with E-state index in [2.05, 4.69) is 10.1 Å². The van der Waals surface area contributed by atoms with Gasteiger partial charge in [-0.2, -0.15) is 4.98 Å². The molecule has 2 N–H and O–H groups in total. The highest BCUT2D eigenvalue weighted by atomic mass is 16.5. The van der Waals surface area contributed by atoms with E-state index in [1.807, 2.05) is 31.2 Å². The molecule has 0 amide bonds. The molecule has 0 radical (unpaired) electrons. The van der Waals surface area contributed by atoms with Crippen molar-refractivity contribution in [3.63, 3.8) is 0 Å². The van der Waals surface area contributed by atoms with Gasteiger partial charge in [0.05, 0.1) is 0 Å². The van der Waals surface area contributed by atoms with Gasteiger partial charge < -0.3 is 10.5 Å². The fourth-order valence-electron chi connectivity index (χ4n) is 1.56. The van der Waals surface area contributed by atoms with E-state index < -0.39 is 0 Å². The van der Waals surface area contributed by atoms with E-state index in [4.69, 9.17) is 10.5 Å². The van der Waals surface area contributed by atoms with Crippen molar-refractivity contribution in [2.75, 3.05) is 0 Å². The van der Waals surface area contributed by atoms with Crippen LogP contribution in [0, 0.1) is 0 Å². The van der Waals surface area contributed by atoms with Gasteiger partial charge in [-0.25, -0.2) is 0 Å². The topological polar surface area (TPSA) is 66.0 Å². The number of para-hydroxylation sites is 1. The third-order valence-electron chi connectivity index (χ3n) is 2.54. The molecule has 0 bridgehead atoms. The molecule has 0 aliphatic carbocycles. The van der Waals surface area contributed by atoms with Crippen LogP contribution in [0.3, 0.4) is 0 Å². The first-order valence-corrected chi connectivity index (χ1v) is 5.58. The van der Waals surface area contributed by atoms with E-state index >= 15 is 0 Å². The van der Waals surface area contributed by atoms with E-state index in [0.717, 1.165) is 12.0 Å². The summed E-state index contributed by atoms with van der Waals surface area (Å²) < 4.78 is 7.23. The number of aryl methyl sites for hydroxylation is 1. The second-order valence-corrected chi connectivity index (χ2v) is 3.86. The van der Waals surface area contributed by atoms with Crippen molar-refractivity contribution < 1.29 is 4.74 Å². The second kappa shape index (κ2) is 4.97. The third-order valence-corrected chi connectivity index (χ3v) is 2.54. The zero-order valence-corrected chi connectivity index (χ0v) is 10.00. The first-order chi connectivity index (χ1) is 8.20. The maximum absolute atomic E-state index is 6.03. The molecule has 0 saturated heterocycles. The minimum absolute atomic E-state index is 0.0325. The third kappa shape index (κ3) is 2.62. The first kappa shape index (κ1) is 11.6. The molecule has 90 valence electrons. The first-order valence-electron chi connectivity index (χ1n) is 5.58. The Kier molecular flexibility index (Phi) is 3.39. The fraction of sp³-hybridized carbons (Fsp3) is 0.333. The van der Waals surface area contributed by atoms with E-state index in [9.17, 15) is 0 Å². The molecule has 0 spiro atoms. The lowest BCUT2D eigenvalue weighted by molar-refractivity contribution is 0.429. The van der Waals surface area contributed by atoms with Crippen LogP contribution >= 0.6 is 0 Å².